The van der Waals surface area contributed by atoms with E-state index < -0.39 is 0 Å². The molecule has 1 saturated heterocycles. The van der Waals surface area contributed by atoms with Gasteiger partial charge in [0.15, 0.2) is 0 Å². The second kappa shape index (κ2) is 8.58. The smallest absolute Gasteiger partial charge is 0.266 e. The van der Waals surface area contributed by atoms with Gasteiger partial charge < -0.3 is 10.1 Å². The van der Waals surface area contributed by atoms with Gasteiger partial charge in [0, 0.05) is 43.4 Å². The van der Waals surface area contributed by atoms with Crippen LogP contribution in [0, 0.1) is 0 Å². The van der Waals surface area contributed by atoms with Crippen molar-refractivity contribution in [3.8, 4) is 0 Å². The van der Waals surface area contributed by atoms with Gasteiger partial charge in [-0.15, -0.1) is 0 Å². The average molecular weight is 370 g/mol. The molecule has 0 bridgehead atoms. The Morgan fingerprint density at radius 1 is 1.26 bits per heavy atom. The van der Waals surface area contributed by atoms with Crippen molar-refractivity contribution in [2.45, 2.75) is 44.9 Å². The van der Waals surface area contributed by atoms with Gasteiger partial charge in [0.2, 0.25) is 0 Å². The minimum atomic E-state index is -0.0446. The normalized spacial score (nSPS) is 20.2. The summed E-state index contributed by atoms with van der Waals surface area (Å²) in [5, 5.41) is 7.69. The highest BCUT2D eigenvalue weighted by molar-refractivity contribution is 5.46. The molecule has 1 fully saturated rings. The number of rotatable bonds is 6. The summed E-state index contributed by atoms with van der Waals surface area (Å²) in [7, 11) is 0. The van der Waals surface area contributed by atoms with Gasteiger partial charge >= 0.3 is 0 Å². The fourth-order valence-electron chi connectivity index (χ4n) is 3.89. The van der Waals surface area contributed by atoms with E-state index in [1.807, 2.05) is 0 Å². The third-order valence-corrected chi connectivity index (χ3v) is 5.40. The number of likely N-dealkylation sites (tertiary alicyclic amines) is 1. The standard InChI is InChI=1S/C19H26N6O2/c26-18-5-3-7-23-25(18)10-9-24-8-2-1-4-15(24)12-20-19-16-13-27-11-6-17(16)21-14-22-19/h3,5,7,14-15H,1-2,4,6,8-13H2,(H,20,21,22). The summed E-state index contributed by atoms with van der Waals surface area (Å²) < 4.78 is 7.12. The Balaban J connectivity index is 1.38. The molecule has 2 aliphatic rings. The zero-order valence-electron chi connectivity index (χ0n) is 15.5. The molecule has 2 aliphatic heterocycles. The van der Waals surface area contributed by atoms with Gasteiger partial charge in [-0.2, -0.15) is 5.10 Å². The second-order valence-electron chi connectivity index (χ2n) is 7.10. The summed E-state index contributed by atoms with van der Waals surface area (Å²) in [6, 6.07) is 3.66. The second-order valence-corrected chi connectivity index (χ2v) is 7.10. The summed E-state index contributed by atoms with van der Waals surface area (Å²) in [5.41, 5.74) is 2.14. The number of hydrogen-bond acceptors (Lipinski definition) is 7. The van der Waals surface area contributed by atoms with Crippen molar-refractivity contribution in [1.82, 2.24) is 24.6 Å². The lowest BCUT2D eigenvalue weighted by molar-refractivity contribution is 0.109. The fraction of sp³-hybridized carbons (Fsp3) is 0.579. The van der Waals surface area contributed by atoms with E-state index in [2.05, 4.69) is 25.3 Å². The number of nitrogens with zero attached hydrogens (tertiary/aromatic N) is 5. The zero-order valence-corrected chi connectivity index (χ0v) is 15.5. The van der Waals surface area contributed by atoms with Crippen LogP contribution >= 0.6 is 0 Å². The summed E-state index contributed by atoms with van der Waals surface area (Å²) >= 11 is 0. The number of aromatic nitrogens is 4. The first-order chi connectivity index (χ1) is 13.3. The maximum atomic E-state index is 11.9. The van der Waals surface area contributed by atoms with Crippen LogP contribution < -0.4 is 10.9 Å². The van der Waals surface area contributed by atoms with Crippen molar-refractivity contribution in [2.75, 3.05) is 31.6 Å². The van der Waals surface area contributed by atoms with Crippen molar-refractivity contribution in [1.29, 1.82) is 0 Å². The first kappa shape index (κ1) is 18.1. The van der Waals surface area contributed by atoms with Crippen molar-refractivity contribution < 1.29 is 4.74 Å². The lowest BCUT2D eigenvalue weighted by Crippen LogP contribution is -2.45. The van der Waals surface area contributed by atoms with Gasteiger partial charge in [-0.25, -0.2) is 14.6 Å². The number of anilines is 1. The molecule has 2 aromatic rings. The van der Waals surface area contributed by atoms with Crippen molar-refractivity contribution >= 4 is 5.82 Å². The highest BCUT2D eigenvalue weighted by Crippen LogP contribution is 2.22. The lowest BCUT2D eigenvalue weighted by Gasteiger charge is -2.36. The van der Waals surface area contributed by atoms with Gasteiger partial charge in [0.1, 0.15) is 12.1 Å². The van der Waals surface area contributed by atoms with E-state index in [0.717, 1.165) is 56.2 Å². The summed E-state index contributed by atoms with van der Waals surface area (Å²) in [4.78, 5) is 23.1. The van der Waals surface area contributed by atoms with Crippen LogP contribution in [0.2, 0.25) is 0 Å². The molecule has 8 heteroatoms. The van der Waals surface area contributed by atoms with E-state index in [9.17, 15) is 4.79 Å². The van der Waals surface area contributed by atoms with Gasteiger partial charge in [0.05, 0.1) is 25.5 Å². The Morgan fingerprint density at radius 2 is 2.22 bits per heavy atom. The molecule has 4 rings (SSSR count). The van der Waals surface area contributed by atoms with Crippen LogP contribution in [0.3, 0.4) is 0 Å². The Hall–Kier alpha value is -2.32. The molecule has 1 N–H and O–H groups in total. The summed E-state index contributed by atoms with van der Waals surface area (Å²) in [6.07, 6.45) is 7.73. The Labute approximate surface area is 158 Å². The number of nitrogens with one attached hydrogen (secondary N) is 1. The monoisotopic (exact) mass is 370 g/mol. The van der Waals surface area contributed by atoms with Crippen molar-refractivity contribution in [3.63, 3.8) is 0 Å². The van der Waals surface area contributed by atoms with Crippen LogP contribution in [0.5, 0.6) is 0 Å². The predicted molar refractivity (Wildman–Crippen MR) is 102 cm³/mol. The molecule has 8 nitrogen and oxygen atoms in total. The third kappa shape index (κ3) is 4.33. The van der Waals surface area contributed by atoms with E-state index >= 15 is 0 Å². The molecule has 1 unspecified atom stereocenters. The molecule has 27 heavy (non-hydrogen) atoms. The maximum absolute atomic E-state index is 11.9. The van der Waals surface area contributed by atoms with E-state index in [0.29, 0.717) is 19.2 Å². The average Bonchev–Trinajstić information content (AvgIpc) is 2.72. The van der Waals surface area contributed by atoms with Gasteiger partial charge in [-0.3, -0.25) is 9.69 Å². The van der Waals surface area contributed by atoms with Crippen LogP contribution in [-0.4, -0.2) is 56.9 Å². The van der Waals surface area contributed by atoms with Crippen LogP contribution in [-0.2, 0) is 24.3 Å². The van der Waals surface area contributed by atoms with Crippen molar-refractivity contribution in [2.24, 2.45) is 0 Å². The molecule has 2 aromatic heterocycles. The minimum Gasteiger partial charge on any atom is -0.376 e. The van der Waals surface area contributed by atoms with Crippen LogP contribution in [0.15, 0.2) is 29.5 Å². The van der Waals surface area contributed by atoms with E-state index in [1.165, 1.54) is 17.5 Å². The topological polar surface area (TPSA) is 85.2 Å². The first-order valence-electron chi connectivity index (χ1n) is 9.72. The number of hydrogen-bond donors (Lipinski definition) is 1. The number of piperidine rings is 1. The van der Waals surface area contributed by atoms with Crippen LogP contribution in [0.1, 0.15) is 30.5 Å². The summed E-state index contributed by atoms with van der Waals surface area (Å²) in [5.74, 6) is 0.895. The van der Waals surface area contributed by atoms with Gasteiger partial charge in [-0.05, 0) is 25.5 Å². The highest BCUT2D eigenvalue weighted by Gasteiger charge is 2.23. The fourth-order valence-corrected chi connectivity index (χ4v) is 3.89. The molecule has 0 amide bonds. The number of fused-ring (bicyclic) bond motifs is 1. The third-order valence-electron chi connectivity index (χ3n) is 5.40. The van der Waals surface area contributed by atoms with E-state index in [4.69, 9.17) is 4.74 Å². The zero-order chi connectivity index (χ0) is 18.5. The Morgan fingerprint density at radius 3 is 3.15 bits per heavy atom. The Bertz CT molecular complexity index is 824. The molecular formula is C19H26N6O2. The lowest BCUT2D eigenvalue weighted by atomic mass is 10.0. The molecular weight excluding hydrogens is 344 g/mol. The van der Waals surface area contributed by atoms with Gasteiger partial charge in [-0.1, -0.05) is 6.42 Å². The molecule has 0 aliphatic carbocycles. The van der Waals surface area contributed by atoms with Crippen molar-refractivity contribution in [3.05, 3.63) is 46.3 Å². The first-order valence-corrected chi connectivity index (χ1v) is 9.72. The SMILES string of the molecule is O=c1cccnn1CCN1CCCCC1CNc1ncnc2c1COCC2. The molecule has 1 atom stereocenters. The molecule has 0 aromatic carbocycles. The predicted octanol–water partition coefficient (Wildman–Crippen LogP) is 1.07. The number of ether oxygens (including phenoxy) is 1. The van der Waals surface area contributed by atoms with Gasteiger partial charge in [0.25, 0.3) is 5.56 Å². The molecule has 144 valence electrons. The summed E-state index contributed by atoms with van der Waals surface area (Å²) in [6.45, 7) is 4.64. The maximum Gasteiger partial charge on any atom is 0.266 e. The van der Waals surface area contributed by atoms with Crippen LogP contribution in [0.25, 0.3) is 0 Å². The van der Waals surface area contributed by atoms with E-state index in [1.54, 1.807) is 24.7 Å². The minimum absolute atomic E-state index is 0.0446. The van der Waals surface area contributed by atoms with E-state index in [-0.39, 0.29) is 5.56 Å². The highest BCUT2D eigenvalue weighted by atomic mass is 16.5. The largest absolute Gasteiger partial charge is 0.376 e. The molecule has 0 radical (unpaired) electrons. The molecule has 0 saturated carbocycles. The molecule has 0 spiro atoms. The molecule has 4 heterocycles. The quantitative estimate of drug-likeness (QED) is 0.814. The Kier molecular flexibility index (Phi) is 5.74. The van der Waals surface area contributed by atoms with Crippen LogP contribution in [0.4, 0.5) is 5.82 Å².